The molecule has 182 valence electrons. The van der Waals surface area contributed by atoms with E-state index in [1.54, 1.807) is 0 Å². The van der Waals surface area contributed by atoms with Crippen molar-refractivity contribution < 1.29 is 27.6 Å². The number of hydrogen-bond acceptors (Lipinski definition) is 5. The molecule has 0 unspecified atom stereocenters. The highest BCUT2D eigenvalue weighted by Gasteiger charge is 2.40. The normalized spacial score (nSPS) is 17.9. The molecular weight excluding hydrogens is 509 g/mol. The van der Waals surface area contributed by atoms with Crippen LogP contribution in [0.25, 0.3) is 0 Å². The molecule has 0 saturated carbocycles. The Balaban J connectivity index is 2.20. The van der Waals surface area contributed by atoms with Crippen LogP contribution >= 0.6 is 15.9 Å². The van der Waals surface area contributed by atoms with Gasteiger partial charge >= 0.3 is 6.18 Å². The van der Waals surface area contributed by atoms with E-state index in [0.29, 0.717) is 13.0 Å². The molecular formula is C20H26BrF3N6O3. The van der Waals surface area contributed by atoms with Crippen LogP contribution in [0.5, 0.6) is 0 Å². The summed E-state index contributed by atoms with van der Waals surface area (Å²) in [6, 6.07) is -0.111. The number of carbonyl (C=O) groups is 3. The molecule has 33 heavy (non-hydrogen) atoms. The fourth-order valence-corrected chi connectivity index (χ4v) is 4.26. The van der Waals surface area contributed by atoms with E-state index in [-0.39, 0.29) is 36.9 Å². The van der Waals surface area contributed by atoms with Gasteiger partial charge < -0.3 is 16.0 Å². The molecule has 1 aliphatic rings. The maximum atomic E-state index is 13.2. The van der Waals surface area contributed by atoms with Crippen molar-refractivity contribution >= 4 is 33.7 Å². The van der Waals surface area contributed by atoms with Crippen molar-refractivity contribution in [1.29, 1.82) is 5.26 Å². The van der Waals surface area contributed by atoms with Crippen molar-refractivity contribution in [3.8, 4) is 6.07 Å². The van der Waals surface area contributed by atoms with Gasteiger partial charge in [-0.25, -0.2) is 0 Å². The smallest absolute Gasteiger partial charge is 0.356 e. The second kappa shape index (κ2) is 11.0. The highest BCUT2D eigenvalue weighted by atomic mass is 79.9. The van der Waals surface area contributed by atoms with E-state index in [0.717, 1.165) is 4.68 Å². The zero-order chi connectivity index (χ0) is 24.9. The molecule has 3 amide bonds. The van der Waals surface area contributed by atoms with Crippen molar-refractivity contribution in [2.45, 2.75) is 64.8 Å². The summed E-state index contributed by atoms with van der Waals surface area (Å²) in [5.41, 5.74) is -1.59. The molecule has 0 radical (unpaired) electrons. The molecule has 2 heterocycles. The monoisotopic (exact) mass is 534 g/mol. The second-order valence-electron chi connectivity index (χ2n) is 8.18. The second-order valence-corrected chi connectivity index (χ2v) is 8.98. The molecule has 1 saturated heterocycles. The zero-order valence-electron chi connectivity index (χ0n) is 18.4. The maximum absolute atomic E-state index is 13.2. The summed E-state index contributed by atoms with van der Waals surface area (Å²) in [5.74, 6) is -2.20. The average Bonchev–Trinajstić information content (AvgIpc) is 3.28. The Bertz CT molecular complexity index is 941. The fourth-order valence-electron chi connectivity index (χ4n) is 3.57. The first-order valence-corrected chi connectivity index (χ1v) is 11.3. The van der Waals surface area contributed by atoms with Gasteiger partial charge in [0.15, 0.2) is 5.69 Å². The highest BCUT2D eigenvalue weighted by molar-refractivity contribution is 9.10. The summed E-state index contributed by atoms with van der Waals surface area (Å²) < 4.78 is 40.1. The van der Waals surface area contributed by atoms with E-state index in [4.69, 9.17) is 0 Å². The number of nitrogens with one attached hydrogen (secondary N) is 3. The molecule has 13 heteroatoms. The summed E-state index contributed by atoms with van der Waals surface area (Å²) in [6.45, 7) is 5.65. The van der Waals surface area contributed by atoms with Crippen molar-refractivity contribution in [3.63, 3.8) is 0 Å². The van der Waals surface area contributed by atoms with Crippen LogP contribution in [0.1, 0.15) is 56.2 Å². The number of aromatic nitrogens is 2. The lowest BCUT2D eigenvalue weighted by molar-refractivity contribution is -0.142. The Morgan fingerprint density at radius 3 is 2.52 bits per heavy atom. The highest BCUT2D eigenvalue weighted by Crippen LogP contribution is 2.35. The average molecular weight is 535 g/mol. The molecule has 2 rings (SSSR count). The number of nitrogens with zero attached hydrogens (tertiary/aromatic N) is 3. The number of rotatable bonds is 9. The first-order valence-electron chi connectivity index (χ1n) is 10.5. The molecule has 9 nitrogen and oxygen atoms in total. The van der Waals surface area contributed by atoms with E-state index in [1.807, 2.05) is 19.9 Å². The SMILES string of the molecule is CCn1nc(C(F)(F)F)c(Br)c1C(=O)N[C@@H](CC(C)C)C(=O)N[C@H](C#N)C[C@@H]1CCNC1=O. The molecule has 3 N–H and O–H groups in total. The van der Waals surface area contributed by atoms with Gasteiger partial charge in [-0.3, -0.25) is 19.1 Å². The Hall–Kier alpha value is -2.62. The summed E-state index contributed by atoms with van der Waals surface area (Å²) in [7, 11) is 0. The Morgan fingerprint density at radius 1 is 1.36 bits per heavy atom. The largest absolute Gasteiger partial charge is 0.436 e. The topological polar surface area (TPSA) is 129 Å². The van der Waals surface area contributed by atoms with Gasteiger partial charge in [0.25, 0.3) is 5.91 Å². The van der Waals surface area contributed by atoms with Crippen LogP contribution in [0.4, 0.5) is 13.2 Å². The molecule has 0 spiro atoms. The standard InChI is InChI=1S/C20H26BrF3N6O3/c1-4-30-15(14(21)16(29-30)20(22,23)24)19(33)28-13(7-10(2)3)18(32)27-12(9-25)8-11-5-6-26-17(11)31/h10-13H,4-8H2,1-3H3,(H,26,31)(H,27,32)(H,28,33)/t11-,12-,13-/m0/s1. The first kappa shape index (κ1) is 26.6. The van der Waals surface area contributed by atoms with Crippen LogP contribution in [-0.2, 0) is 22.3 Å². The van der Waals surface area contributed by atoms with Crippen LogP contribution in [-0.4, -0.2) is 46.1 Å². The van der Waals surface area contributed by atoms with Crippen LogP contribution in [0, 0.1) is 23.2 Å². The summed E-state index contributed by atoms with van der Waals surface area (Å²) in [5, 5.41) is 20.6. The van der Waals surface area contributed by atoms with Gasteiger partial charge in [-0.15, -0.1) is 0 Å². The lowest BCUT2D eigenvalue weighted by atomic mass is 9.98. The molecule has 3 atom stereocenters. The van der Waals surface area contributed by atoms with Gasteiger partial charge in [-0.1, -0.05) is 13.8 Å². The summed E-state index contributed by atoms with van der Waals surface area (Å²) in [6.07, 6.45) is -3.91. The Kier molecular flexibility index (Phi) is 8.88. The molecule has 0 bridgehead atoms. The van der Waals surface area contributed by atoms with Crippen molar-refractivity contribution in [2.24, 2.45) is 11.8 Å². The molecule has 1 aliphatic heterocycles. The van der Waals surface area contributed by atoms with E-state index < -0.39 is 46.2 Å². The van der Waals surface area contributed by atoms with Crippen LogP contribution < -0.4 is 16.0 Å². The minimum atomic E-state index is -4.77. The molecule has 0 aliphatic carbocycles. The third-order valence-corrected chi connectivity index (χ3v) is 5.91. The number of aryl methyl sites for hydroxylation is 1. The van der Waals surface area contributed by atoms with Crippen molar-refractivity contribution in [1.82, 2.24) is 25.7 Å². The molecule has 1 aromatic heterocycles. The van der Waals surface area contributed by atoms with Crippen molar-refractivity contribution in [2.75, 3.05) is 6.54 Å². The summed E-state index contributed by atoms with van der Waals surface area (Å²) >= 11 is 2.82. The third-order valence-electron chi connectivity index (χ3n) is 5.16. The molecule has 0 aromatic carbocycles. The molecule has 1 fully saturated rings. The first-order chi connectivity index (χ1) is 15.4. The third kappa shape index (κ3) is 6.69. The van der Waals surface area contributed by atoms with E-state index in [1.165, 1.54) is 6.92 Å². The minimum absolute atomic E-state index is 0.00155. The van der Waals surface area contributed by atoms with Crippen LogP contribution in [0.2, 0.25) is 0 Å². The predicted molar refractivity (Wildman–Crippen MR) is 115 cm³/mol. The lowest BCUT2D eigenvalue weighted by Gasteiger charge is -2.22. The summed E-state index contributed by atoms with van der Waals surface area (Å²) in [4.78, 5) is 37.5. The van der Waals surface area contributed by atoms with Gasteiger partial charge in [0.05, 0.1) is 10.5 Å². The van der Waals surface area contributed by atoms with Gasteiger partial charge in [-0.05, 0) is 48.0 Å². The number of alkyl halides is 3. The van der Waals surface area contributed by atoms with Gasteiger partial charge in [0, 0.05) is 19.0 Å². The van der Waals surface area contributed by atoms with E-state index >= 15 is 0 Å². The number of hydrogen-bond donors (Lipinski definition) is 3. The van der Waals surface area contributed by atoms with Gasteiger partial charge in [0.2, 0.25) is 11.8 Å². The Labute approximate surface area is 197 Å². The zero-order valence-corrected chi connectivity index (χ0v) is 20.0. The number of amides is 3. The fraction of sp³-hybridized carbons (Fsp3) is 0.650. The van der Waals surface area contributed by atoms with Gasteiger partial charge in [-0.2, -0.15) is 23.5 Å². The number of halogens is 4. The van der Waals surface area contributed by atoms with Crippen molar-refractivity contribution in [3.05, 3.63) is 15.9 Å². The number of nitriles is 1. The van der Waals surface area contributed by atoms with Crippen LogP contribution in [0.15, 0.2) is 4.47 Å². The minimum Gasteiger partial charge on any atom is -0.356 e. The predicted octanol–water partition coefficient (Wildman–Crippen LogP) is 2.36. The number of carbonyl (C=O) groups excluding carboxylic acids is 3. The molecule has 1 aromatic rings. The van der Waals surface area contributed by atoms with Gasteiger partial charge in [0.1, 0.15) is 17.8 Å². The van der Waals surface area contributed by atoms with Crippen LogP contribution in [0.3, 0.4) is 0 Å². The lowest BCUT2D eigenvalue weighted by Crippen LogP contribution is -2.50. The maximum Gasteiger partial charge on any atom is 0.436 e. The van der Waals surface area contributed by atoms with E-state index in [9.17, 15) is 32.8 Å². The Morgan fingerprint density at radius 2 is 2.03 bits per heavy atom. The van der Waals surface area contributed by atoms with E-state index in [2.05, 4.69) is 37.0 Å². The quantitative estimate of drug-likeness (QED) is 0.447.